The number of benzene rings is 1. The molecule has 1 atom stereocenters. The number of hydrogen-bond donors (Lipinski definition) is 0. The standard InChI is InChI=1S/C11H14O2/c1-9(2)13-11(8-12)10-6-4-3-5-7-10/h3-9,11H,1-2H3. The van der Waals surface area contributed by atoms with Gasteiger partial charge in [0.1, 0.15) is 6.10 Å². The third-order valence-corrected chi connectivity index (χ3v) is 1.67. The molecule has 0 N–H and O–H groups in total. The molecule has 1 aromatic carbocycles. The molecule has 0 heterocycles. The summed E-state index contributed by atoms with van der Waals surface area (Å²) in [5.74, 6) is 0. The van der Waals surface area contributed by atoms with Gasteiger partial charge in [-0.3, -0.25) is 0 Å². The largest absolute Gasteiger partial charge is 0.363 e. The number of aldehydes is 1. The topological polar surface area (TPSA) is 26.3 Å². The molecule has 0 aromatic heterocycles. The minimum absolute atomic E-state index is 0.0652. The zero-order chi connectivity index (χ0) is 9.68. The van der Waals surface area contributed by atoms with Gasteiger partial charge in [-0.05, 0) is 19.4 Å². The minimum Gasteiger partial charge on any atom is -0.363 e. The molecule has 0 bridgehead atoms. The Balaban J connectivity index is 2.73. The quantitative estimate of drug-likeness (QED) is 0.661. The Kier molecular flexibility index (Phi) is 3.65. The lowest BCUT2D eigenvalue weighted by molar-refractivity contribution is -0.121. The van der Waals surface area contributed by atoms with Crippen molar-refractivity contribution >= 4 is 6.29 Å². The van der Waals surface area contributed by atoms with Crippen LogP contribution < -0.4 is 0 Å². The highest BCUT2D eigenvalue weighted by Gasteiger charge is 2.11. The maximum atomic E-state index is 10.7. The smallest absolute Gasteiger partial charge is 0.153 e. The molecule has 0 aliphatic carbocycles. The van der Waals surface area contributed by atoms with Crippen LogP contribution in [0, 0.1) is 0 Å². The fraction of sp³-hybridized carbons (Fsp3) is 0.364. The first-order valence-corrected chi connectivity index (χ1v) is 4.39. The first kappa shape index (κ1) is 9.93. The molecule has 0 saturated heterocycles. The van der Waals surface area contributed by atoms with Crippen molar-refractivity contribution in [3.63, 3.8) is 0 Å². The van der Waals surface area contributed by atoms with Crippen molar-refractivity contribution in [3.05, 3.63) is 35.9 Å². The molecule has 1 aromatic rings. The molecule has 1 rings (SSSR count). The third-order valence-electron chi connectivity index (χ3n) is 1.67. The van der Waals surface area contributed by atoms with Gasteiger partial charge in [0.25, 0.3) is 0 Å². The molecular formula is C11H14O2. The van der Waals surface area contributed by atoms with Crippen molar-refractivity contribution in [2.24, 2.45) is 0 Å². The second-order valence-corrected chi connectivity index (χ2v) is 3.15. The highest BCUT2D eigenvalue weighted by Crippen LogP contribution is 2.15. The van der Waals surface area contributed by atoms with E-state index >= 15 is 0 Å². The van der Waals surface area contributed by atoms with Crippen molar-refractivity contribution in [3.8, 4) is 0 Å². The van der Waals surface area contributed by atoms with Crippen LogP contribution in [-0.2, 0) is 9.53 Å². The fourth-order valence-electron chi connectivity index (χ4n) is 1.13. The second-order valence-electron chi connectivity index (χ2n) is 3.15. The summed E-state index contributed by atoms with van der Waals surface area (Å²) in [7, 11) is 0. The van der Waals surface area contributed by atoms with Gasteiger partial charge in [-0.1, -0.05) is 30.3 Å². The minimum atomic E-state index is -0.429. The van der Waals surface area contributed by atoms with Crippen LogP contribution in [0.15, 0.2) is 30.3 Å². The van der Waals surface area contributed by atoms with Gasteiger partial charge < -0.3 is 9.53 Å². The molecule has 0 aliphatic heterocycles. The van der Waals surface area contributed by atoms with Crippen molar-refractivity contribution in [2.45, 2.75) is 26.1 Å². The molecule has 0 spiro atoms. The summed E-state index contributed by atoms with van der Waals surface area (Å²) in [4.78, 5) is 10.7. The molecule has 0 radical (unpaired) electrons. The Hall–Kier alpha value is -1.15. The first-order valence-electron chi connectivity index (χ1n) is 4.39. The molecule has 0 saturated carbocycles. The Morgan fingerprint density at radius 2 is 1.85 bits per heavy atom. The van der Waals surface area contributed by atoms with Crippen LogP contribution in [0.25, 0.3) is 0 Å². The summed E-state index contributed by atoms with van der Waals surface area (Å²) in [5, 5.41) is 0. The molecule has 13 heavy (non-hydrogen) atoms. The summed E-state index contributed by atoms with van der Waals surface area (Å²) in [5.41, 5.74) is 0.909. The second kappa shape index (κ2) is 4.77. The van der Waals surface area contributed by atoms with Gasteiger partial charge >= 0.3 is 0 Å². The highest BCUT2D eigenvalue weighted by molar-refractivity contribution is 5.59. The normalized spacial score (nSPS) is 12.8. The van der Waals surface area contributed by atoms with Gasteiger partial charge in [-0.25, -0.2) is 0 Å². The lowest BCUT2D eigenvalue weighted by Crippen LogP contribution is -2.11. The van der Waals surface area contributed by atoms with Crippen LogP contribution in [0.4, 0.5) is 0 Å². The molecule has 0 aliphatic rings. The van der Waals surface area contributed by atoms with Crippen LogP contribution in [0.1, 0.15) is 25.5 Å². The molecule has 0 fully saturated rings. The van der Waals surface area contributed by atoms with Gasteiger partial charge in [0, 0.05) is 0 Å². The summed E-state index contributed by atoms with van der Waals surface area (Å²) < 4.78 is 5.42. The van der Waals surface area contributed by atoms with Crippen molar-refractivity contribution in [1.29, 1.82) is 0 Å². The van der Waals surface area contributed by atoms with Gasteiger partial charge in [0.05, 0.1) is 6.10 Å². The number of rotatable bonds is 4. The number of hydrogen-bond acceptors (Lipinski definition) is 2. The van der Waals surface area contributed by atoms with E-state index in [2.05, 4.69) is 0 Å². The van der Waals surface area contributed by atoms with E-state index in [1.807, 2.05) is 44.2 Å². The number of carbonyl (C=O) groups excluding carboxylic acids is 1. The van der Waals surface area contributed by atoms with Gasteiger partial charge in [-0.15, -0.1) is 0 Å². The SMILES string of the molecule is CC(C)OC(C=O)c1ccccc1. The lowest BCUT2D eigenvalue weighted by Gasteiger charge is -2.14. The number of ether oxygens (including phenoxy) is 1. The van der Waals surface area contributed by atoms with Crippen LogP contribution in [0.2, 0.25) is 0 Å². The van der Waals surface area contributed by atoms with E-state index in [0.717, 1.165) is 11.8 Å². The van der Waals surface area contributed by atoms with Crippen LogP contribution in [-0.4, -0.2) is 12.4 Å². The summed E-state index contributed by atoms with van der Waals surface area (Å²) in [6.07, 6.45) is 0.464. The van der Waals surface area contributed by atoms with E-state index in [0.29, 0.717) is 0 Å². The Labute approximate surface area is 78.5 Å². The maximum absolute atomic E-state index is 10.7. The molecule has 2 heteroatoms. The monoisotopic (exact) mass is 178 g/mol. The Morgan fingerprint density at radius 1 is 1.23 bits per heavy atom. The first-order chi connectivity index (χ1) is 6.24. The van der Waals surface area contributed by atoms with Crippen LogP contribution in [0.3, 0.4) is 0 Å². The van der Waals surface area contributed by atoms with Crippen molar-refractivity contribution in [2.75, 3.05) is 0 Å². The summed E-state index contributed by atoms with van der Waals surface area (Å²) in [6, 6.07) is 9.49. The zero-order valence-corrected chi connectivity index (χ0v) is 7.94. The molecule has 70 valence electrons. The van der Waals surface area contributed by atoms with Crippen LogP contribution in [0.5, 0.6) is 0 Å². The van der Waals surface area contributed by atoms with E-state index < -0.39 is 6.10 Å². The van der Waals surface area contributed by atoms with Crippen molar-refractivity contribution in [1.82, 2.24) is 0 Å². The highest BCUT2D eigenvalue weighted by atomic mass is 16.5. The van der Waals surface area contributed by atoms with Gasteiger partial charge in [-0.2, -0.15) is 0 Å². The maximum Gasteiger partial charge on any atom is 0.153 e. The third kappa shape index (κ3) is 2.99. The molecule has 0 amide bonds. The van der Waals surface area contributed by atoms with E-state index in [9.17, 15) is 4.79 Å². The van der Waals surface area contributed by atoms with E-state index in [-0.39, 0.29) is 6.10 Å². The average molecular weight is 178 g/mol. The van der Waals surface area contributed by atoms with Gasteiger partial charge in [0.15, 0.2) is 6.29 Å². The molecule has 1 unspecified atom stereocenters. The predicted molar refractivity (Wildman–Crippen MR) is 51.5 cm³/mol. The lowest BCUT2D eigenvalue weighted by atomic mass is 10.1. The summed E-state index contributed by atoms with van der Waals surface area (Å²) >= 11 is 0. The fourth-order valence-corrected chi connectivity index (χ4v) is 1.13. The van der Waals surface area contributed by atoms with Crippen molar-refractivity contribution < 1.29 is 9.53 Å². The average Bonchev–Trinajstić information content (AvgIpc) is 2.15. The number of carbonyl (C=O) groups is 1. The predicted octanol–water partition coefficient (Wildman–Crippen LogP) is 2.35. The Bertz CT molecular complexity index is 254. The molecular weight excluding hydrogens is 164 g/mol. The van der Waals surface area contributed by atoms with Crippen LogP contribution >= 0.6 is 0 Å². The van der Waals surface area contributed by atoms with E-state index in [4.69, 9.17) is 4.74 Å². The van der Waals surface area contributed by atoms with Gasteiger partial charge in [0.2, 0.25) is 0 Å². The Morgan fingerprint density at radius 3 is 2.31 bits per heavy atom. The zero-order valence-electron chi connectivity index (χ0n) is 7.94. The molecule has 2 nitrogen and oxygen atoms in total. The summed E-state index contributed by atoms with van der Waals surface area (Å²) in [6.45, 7) is 3.83. The van der Waals surface area contributed by atoms with E-state index in [1.54, 1.807) is 0 Å². The van der Waals surface area contributed by atoms with E-state index in [1.165, 1.54) is 0 Å².